The topological polar surface area (TPSA) is 67.8 Å². The summed E-state index contributed by atoms with van der Waals surface area (Å²) in [5, 5.41) is 13.6. The first kappa shape index (κ1) is 12.9. The number of hydrogen-bond acceptors (Lipinski definition) is 4. The average molecular weight is 327 g/mol. The molecule has 0 atom stereocenters. The van der Waals surface area contributed by atoms with Gasteiger partial charge in [-0.05, 0) is 45.6 Å². The molecule has 0 unspecified atom stereocenters. The molecule has 4 nitrogen and oxygen atoms in total. The van der Waals surface area contributed by atoms with Gasteiger partial charge < -0.3 is 15.7 Å². The highest BCUT2D eigenvalue weighted by atomic mass is 79.9. The number of thiophene rings is 1. The van der Waals surface area contributed by atoms with E-state index < -0.39 is 0 Å². The molecule has 2 aromatic rings. The van der Waals surface area contributed by atoms with Crippen LogP contribution < -0.4 is 10.5 Å². The van der Waals surface area contributed by atoms with Gasteiger partial charge in [0.25, 0.3) is 0 Å². The molecule has 18 heavy (non-hydrogen) atoms. The minimum atomic E-state index is 0.0699. The summed E-state index contributed by atoms with van der Waals surface area (Å²) in [6, 6.07) is 9.27. The lowest BCUT2D eigenvalue weighted by Gasteiger charge is -2.08. The van der Waals surface area contributed by atoms with E-state index >= 15 is 0 Å². The molecule has 1 heterocycles. The van der Waals surface area contributed by atoms with Gasteiger partial charge in [0.1, 0.15) is 12.4 Å². The predicted molar refractivity (Wildman–Crippen MR) is 75.3 cm³/mol. The lowest BCUT2D eigenvalue weighted by molar-refractivity contribution is 0.307. The third-order valence-corrected chi connectivity index (χ3v) is 3.76. The Morgan fingerprint density at radius 2 is 2.28 bits per heavy atom. The molecule has 0 spiro atoms. The highest BCUT2D eigenvalue weighted by molar-refractivity contribution is 9.10. The number of halogens is 1. The van der Waals surface area contributed by atoms with E-state index in [4.69, 9.17) is 15.7 Å². The molecule has 1 aromatic heterocycles. The van der Waals surface area contributed by atoms with E-state index in [2.05, 4.69) is 21.1 Å². The number of hydrogen-bond donors (Lipinski definition) is 2. The van der Waals surface area contributed by atoms with Gasteiger partial charge in [-0.1, -0.05) is 11.2 Å². The third-order valence-electron chi connectivity index (χ3n) is 2.29. The first-order chi connectivity index (χ1) is 8.70. The second kappa shape index (κ2) is 5.88. The van der Waals surface area contributed by atoms with Crippen molar-refractivity contribution in [2.45, 2.75) is 6.61 Å². The summed E-state index contributed by atoms with van der Waals surface area (Å²) in [7, 11) is 0. The number of nitrogens with zero attached hydrogens (tertiary/aromatic N) is 1. The molecule has 0 aliphatic rings. The van der Waals surface area contributed by atoms with Crippen LogP contribution in [0.25, 0.3) is 0 Å². The van der Waals surface area contributed by atoms with E-state index in [1.165, 1.54) is 0 Å². The first-order valence-electron chi connectivity index (χ1n) is 5.13. The molecular weight excluding hydrogens is 316 g/mol. The molecular formula is C12H11BrN2O2S. The summed E-state index contributed by atoms with van der Waals surface area (Å²) in [4.78, 5) is 1.16. The summed E-state index contributed by atoms with van der Waals surface area (Å²) in [5.74, 6) is 0.790. The second-order valence-corrected chi connectivity index (χ2v) is 5.39. The molecule has 0 bridgehead atoms. The maximum Gasteiger partial charge on any atom is 0.170 e. The zero-order valence-electron chi connectivity index (χ0n) is 9.34. The zero-order valence-corrected chi connectivity index (χ0v) is 11.7. The summed E-state index contributed by atoms with van der Waals surface area (Å²) in [5.41, 5.74) is 6.14. The van der Waals surface area contributed by atoms with E-state index in [0.29, 0.717) is 12.2 Å². The number of amidine groups is 1. The van der Waals surface area contributed by atoms with Crippen molar-refractivity contribution in [3.05, 3.63) is 50.6 Å². The van der Waals surface area contributed by atoms with Crippen LogP contribution in [0.15, 0.2) is 45.3 Å². The number of ether oxygens (including phenoxy) is 1. The molecule has 0 saturated heterocycles. The fourth-order valence-electron chi connectivity index (χ4n) is 1.38. The molecule has 0 radical (unpaired) electrons. The second-order valence-electron chi connectivity index (χ2n) is 3.50. The standard InChI is InChI=1S/C12H11BrN2O2S/c13-10-6-8(12(14)15-16)3-4-11(10)17-7-9-2-1-5-18-9/h1-6,16H,7H2,(H2,14,15). The van der Waals surface area contributed by atoms with Gasteiger partial charge >= 0.3 is 0 Å². The van der Waals surface area contributed by atoms with Crippen LogP contribution in [-0.2, 0) is 6.61 Å². The zero-order chi connectivity index (χ0) is 13.0. The smallest absolute Gasteiger partial charge is 0.170 e. The van der Waals surface area contributed by atoms with Crippen LogP contribution in [0, 0.1) is 0 Å². The van der Waals surface area contributed by atoms with Crippen molar-refractivity contribution >= 4 is 33.1 Å². The first-order valence-corrected chi connectivity index (χ1v) is 6.80. The number of rotatable bonds is 4. The quantitative estimate of drug-likeness (QED) is 0.392. The minimum Gasteiger partial charge on any atom is -0.487 e. The number of nitrogens with two attached hydrogens (primary N) is 1. The van der Waals surface area contributed by atoms with Gasteiger partial charge in [0.15, 0.2) is 5.84 Å². The summed E-state index contributed by atoms with van der Waals surface area (Å²) >= 11 is 5.04. The number of benzene rings is 1. The Balaban J connectivity index is 2.10. The van der Waals surface area contributed by atoms with Crippen LogP contribution in [0.4, 0.5) is 0 Å². The van der Waals surface area contributed by atoms with Gasteiger partial charge in [0.2, 0.25) is 0 Å². The van der Waals surface area contributed by atoms with E-state index in [-0.39, 0.29) is 5.84 Å². The monoisotopic (exact) mass is 326 g/mol. The van der Waals surface area contributed by atoms with Gasteiger partial charge in [-0.15, -0.1) is 11.3 Å². The summed E-state index contributed by atoms with van der Waals surface area (Å²) in [6.45, 7) is 0.527. The lowest BCUT2D eigenvalue weighted by Crippen LogP contribution is -2.12. The largest absolute Gasteiger partial charge is 0.487 e. The van der Waals surface area contributed by atoms with Crippen LogP contribution >= 0.6 is 27.3 Å². The Kier molecular flexibility index (Phi) is 4.22. The Morgan fingerprint density at radius 3 is 2.89 bits per heavy atom. The lowest BCUT2D eigenvalue weighted by atomic mass is 10.2. The molecule has 0 fully saturated rings. The minimum absolute atomic E-state index is 0.0699. The van der Waals surface area contributed by atoms with Gasteiger partial charge in [-0.3, -0.25) is 0 Å². The van der Waals surface area contributed by atoms with Crippen molar-refractivity contribution < 1.29 is 9.94 Å². The van der Waals surface area contributed by atoms with Crippen molar-refractivity contribution in [1.29, 1.82) is 0 Å². The predicted octanol–water partition coefficient (Wildman–Crippen LogP) is 3.18. The summed E-state index contributed by atoms with van der Waals surface area (Å²) < 4.78 is 6.44. The van der Waals surface area contributed by atoms with Gasteiger partial charge in [0, 0.05) is 10.4 Å². The molecule has 94 valence electrons. The van der Waals surface area contributed by atoms with Crippen LogP contribution in [0.3, 0.4) is 0 Å². The average Bonchev–Trinajstić information content (AvgIpc) is 2.89. The van der Waals surface area contributed by atoms with Crippen molar-refractivity contribution in [1.82, 2.24) is 0 Å². The Labute approximate surface area is 117 Å². The normalized spacial score (nSPS) is 11.5. The third kappa shape index (κ3) is 3.02. The Morgan fingerprint density at radius 1 is 1.44 bits per heavy atom. The molecule has 0 aliphatic carbocycles. The van der Waals surface area contributed by atoms with Gasteiger partial charge in [0.05, 0.1) is 4.47 Å². The summed E-state index contributed by atoms with van der Waals surface area (Å²) in [6.07, 6.45) is 0. The fourth-order valence-corrected chi connectivity index (χ4v) is 2.49. The molecule has 0 aliphatic heterocycles. The van der Waals surface area contributed by atoms with Crippen LogP contribution in [0.1, 0.15) is 10.4 Å². The van der Waals surface area contributed by atoms with Crippen LogP contribution in [0.5, 0.6) is 5.75 Å². The molecule has 0 amide bonds. The van der Waals surface area contributed by atoms with Crippen molar-refractivity contribution in [2.24, 2.45) is 10.9 Å². The van der Waals surface area contributed by atoms with Crippen LogP contribution in [0.2, 0.25) is 0 Å². The van der Waals surface area contributed by atoms with E-state index in [1.54, 1.807) is 29.5 Å². The Bertz CT molecular complexity index is 555. The molecule has 3 N–H and O–H groups in total. The van der Waals surface area contributed by atoms with Gasteiger partial charge in [-0.2, -0.15) is 0 Å². The van der Waals surface area contributed by atoms with Crippen molar-refractivity contribution in [3.8, 4) is 5.75 Å². The van der Waals surface area contributed by atoms with Gasteiger partial charge in [-0.25, -0.2) is 0 Å². The maximum atomic E-state index is 8.59. The SMILES string of the molecule is N/C(=N/O)c1ccc(OCc2cccs2)c(Br)c1. The highest BCUT2D eigenvalue weighted by Crippen LogP contribution is 2.27. The Hall–Kier alpha value is -1.53. The van der Waals surface area contributed by atoms with Crippen molar-refractivity contribution in [3.63, 3.8) is 0 Å². The maximum absolute atomic E-state index is 8.59. The molecule has 0 saturated carbocycles. The van der Waals surface area contributed by atoms with E-state index in [1.807, 2.05) is 17.5 Å². The molecule has 6 heteroatoms. The molecule has 1 aromatic carbocycles. The van der Waals surface area contributed by atoms with Crippen molar-refractivity contribution in [2.75, 3.05) is 0 Å². The fraction of sp³-hybridized carbons (Fsp3) is 0.0833. The highest BCUT2D eigenvalue weighted by Gasteiger charge is 2.06. The number of oxime groups is 1. The van der Waals surface area contributed by atoms with E-state index in [9.17, 15) is 0 Å². The van der Waals surface area contributed by atoms with Crippen LogP contribution in [-0.4, -0.2) is 11.0 Å². The van der Waals surface area contributed by atoms with E-state index in [0.717, 1.165) is 15.1 Å². The molecule has 2 rings (SSSR count).